The summed E-state index contributed by atoms with van der Waals surface area (Å²) < 4.78 is 5.38. The average Bonchev–Trinajstić information content (AvgIpc) is 2.50. The van der Waals surface area contributed by atoms with E-state index in [0.717, 1.165) is 12.8 Å². The van der Waals surface area contributed by atoms with Gasteiger partial charge in [0.1, 0.15) is 10.8 Å². The van der Waals surface area contributed by atoms with Gasteiger partial charge < -0.3 is 10.1 Å². The third-order valence-corrected chi connectivity index (χ3v) is 4.23. The second-order valence-corrected chi connectivity index (χ2v) is 5.83. The lowest BCUT2D eigenvalue weighted by molar-refractivity contribution is -0.123. The molecule has 0 spiro atoms. The van der Waals surface area contributed by atoms with Crippen LogP contribution in [0.25, 0.3) is 0 Å². The highest BCUT2D eigenvalue weighted by atomic mass is 35.5. The number of halogens is 2. The standard InChI is InChI=1S/C16H19Cl2NO2/c17-13-7-4-8-14(16(13)18)21-11-15(20)19-10-9-12-5-2-1-3-6-12/h4-5,7-8H,1-3,6,9-11H2,(H,19,20). The van der Waals surface area contributed by atoms with Crippen molar-refractivity contribution in [3.05, 3.63) is 39.9 Å². The Morgan fingerprint density at radius 1 is 1.29 bits per heavy atom. The Kier molecular flexibility index (Phi) is 6.40. The number of benzene rings is 1. The second kappa shape index (κ2) is 8.30. The second-order valence-electron chi connectivity index (χ2n) is 5.05. The molecule has 0 aliphatic heterocycles. The van der Waals surface area contributed by atoms with Crippen LogP contribution in [0.15, 0.2) is 29.8 Å². The lowest BCUT2D eigenvalue weighted by Gasteiger charge is -2.13. The maximum atomic E-state index is 11.7. The minimum absolute atomic E-state index is 0.0564. The normalized spacial score (nSPS) is 14.5. The van der Waals surface area contributed by atoms with Crippen molar-refractivity contribution in [1.82, 2.24) is 5.32 Å². The Morgan fingerprint density at radius 3 is 2.90 bits per heavy atom. The molecule has 0 atom stereocenters. The molecule has 1 N–H and O–H groups in total. The van der Waals surface area contributed by atoms with Crippen LogP contribution in [-0.4, -0.2) is 19.1 Å². The number of carbonyl (C=O) groups excluding carboxylic acids is 1. The van der Waals surface area contributed by atoms with Crippen LogP contribution in [0.5, 0.6) is 5.75 Å². The summed E-state index contributed by atoms with van der Waals surface area (Å²) in [5, 5.41) is 3.60. The Bertz CT molecular complexity index is 529. The molecule has 0 saturated carbocycles. The van der Waals surface area contributed by atoms with Crippen molar-refractivity contribution in [3.8, 4) is 5.75 Å². The fraction of sp³-hybridized carbons (Fsp3) is 0.438. The van der Waals surface area contributed by atoms with Crippen LogP contribution in [-0.2, 0) is 4.79 Å². The largest absolute Gasteiger partial charge is 0.482 e. The molecule has 3 nitrogen and oxygen atoms in total. The number of nitrogens with one attached hydrogen (secondary N) is 1. The Morgan fingerprint density at radius 2 is 2.14 bits per heavy atom. The molecule has 0 unspecified atom stereocenters. The van der Waals surface area contributed by atoms with E-state index in [0.29, 0.717) is 22.3 Å². The van der Waals surface area contributed by atoms with Crippen molar-refractivity contribution in [3.63, 3.8) is 0 Å². The Hall–Kier alpha value is -1.19. The minimum atomic E-state index is -0.151. The van der Waals surface area contributed by atoms with Gasteiger partial charge in [-0.15, -0.1) is 0 Å². The predicted molar refractivity (Wildman–Crippen MR) is 86.1 cm³/mol. The van der Waals surface area contributed by atoms with Gasteiger partial charge in [-0.25, -0.2) is 0 Å². The summed E-state index contributed by atoms with van der Waals surface area (Å²) in [4.78, 5) is 11.7. The van der Waals surface area contributed by atoms with E-state index in [1.165, 1.54) is 24.8 Å². The molecule has 0 bridgehead atoms. The minimum Gasteiger partial charge on any atom is -0.482 e. The first kappa shape index (κ1) is 16.2. The maximum Gasteiger partial charge on any atom is 0.257 e. The van der Waals surface area contributed by atoms with Crippen LogP contribution < -0.4 is 10.1 Å². The van der Waals surface area contributed by atoms with E-state index in [4.69, 9.17) is 27.9 Å². The van der Waals surface area contributed by atoms with Gasteiger partial charge in [0.25, 0.3) is 5.91 Å². The summed E-state index contributed by atoms with van der Waals surface area (Å²) in [7, 11) is 0. The molecule has 114 valence electrons. The van der Waals surface area contributed by atoms with Crippen LogP contribution in [0.3, 0.4) is 0 Å². The van der Waals surface area contributed by atoms with Gasteiger partial charge >= 0.3 is 0 Å². The third-order valence-electron chi connectivity index (χ3n) is 3.43. The zero-order chi connectivity index (χ0) is 15.1. The molecule has 0 radical (unpaired) electrons. The first-order chi connectivity index (χ1) is 10.2. The highest BCUT2D eigenvalue weighted by molar-refractivity contribution is 6.42. The summed E-state index contributed by atoms with van der Waals surface area (Å²) in [5.41, 5.74) is 1.44. The van der Waals surface area contributed by atoms with Crippen LogP contribution in [0.2, 0.25) is 10.0 Å². The molecule has 5 heteroatoms. The number of hydrogen-bond donors (Lipinski definition) is 1. The highest BCUT2D eigenvalue weighted by Crippen LogP contribution is 2.31. The number of carbonyl (C=O) groups is 1. The number of amides is 1. The molecular weight excluding hydrogens is 309 g/mol. The predicted octanol–water partition coefficient (Wildman–Crippen LogP) is 4.38. The van der Waals surface area contributed by atoms with Crippen molar-refractivity contribution in [2.75, 3.05) is 13.2 Å². The first-order valence-electron chi connectivity index (χ1n) is 7.18. The molecule has 1 aromatic carbocycles. The van der Waals surface area contributed by atoms with Gasteiger partial charge in [0.05, 0.1) is 5.02 Å². The SMILES string of the molecule is O=C(COc1cccc(Cl)c1Cl)NCCC1=CCCCC1. The zero-order valence-corrected chi connectivity index (χ0v) is 13.3. The van der Waals surface area contributed by atoms with Gasteiger partial charge in [0.2, 0.25) is 0 Å². The summed E-state index contributed by atoms with van der Waals surface area (Å²) in [6.07, 6.45) is 8.08. The van der Waals surface area contributed by atoms with Crippen LogP contribution >= 0.6 is 23.2 Å². The van der Waals surface area contributed by atoms with Crippen molar-refractivity contribution < 1.29 is 9.53 Å². The van der Waals surface area contributed by atoms with Crippen molar-refractivity contribution >= 4 is 29.1 Å². The third kappa shape index (κ3) is 5.25. The van der Waals surface area contributed by atoms with Crippen LogP contribution in [0, 0.1) is 0 Å². The summed E-state index contributed by atoms with van der Waals surface area (Å²) in [5.74, 6) is 0.275. The molecule has 1 amide bonds. The smallest absolute Gasteiger partial charge is 0.257 e. The van der Waals surface area contributed by atoms with Gasteiger partial charge in [-0.2, -0.15) is 0 Å². The van der Waals surface area contributed by atoms with Crippen molar-refractivity contribution in [2.24, 2.45) is 0 Å². The molecule has 0 aromatic heterocycles. The molecule has 1 aliphatic rings. The molecular formula is C16H19Cl2NO2. The fourth-order valence-corrected chi connectivity index (χ4v) is 2.63. The van der Waals surface area contributed by atoms with E-state index in [2.05, 4.69) is 11.4 Å². The summed E-state index contributed by atoms with van der Waals surface area (Å²) >= 11 is 11.9. The topological polar surface area (TPSA) is 38.3 Å². The number of allylic oxidation sites excluding steroid dienone is 1. The molecule has 1 aliphatic carbocycles. The van der Waals surface area contributed by atoms with Crippen LogP contribution in [0.4, 0.5) is 0 Å². The first-order valence-corrected chi connectivity index (χ1v) is 7.94. The summed E-state index contributed by atoms with van der Waals surface area (Å²) in [6.45, 7) is 0.594. The maximum absolute atomic E-state index is 11.7. The molecule has 21 heavy (non-hydrogen) atoms. The van der Waals surface area contributed by atoms with Crippen molar-refractivity contribution in [2.45, 2.75) is 32.1 Å². The van der Waals surface area contributed by atoms with Gasteiger partial charge in [0.15, 0.2) is 6.61 Å². The van der Waals surface area contributed by atoms with Gasteiger partial charge in [-0.3, -0.25) is 4.79 Å². The molecule has 0 saturated heterocycles. The van der Waals surface area contributed by atoms with Crippen molar-refractivity contribution in [1.29, 1.82) is 0 Å². The summed E-state index contributed by atoms with van der Waals surface area (Å²) in [6, 6.07) is 5.10. The molecule has 0 fully saturated rings. The van der Waals surface area contributed by atoms with Gasteiger partial charge in [-0.1, -0.05) is 40.9 Å². The molecule has 1 aromatic rings. The van der Waals surface area contributed by atoms with Crippen LogP contribution in [0.1, 0.15) is 32.1 Å². The van der Waals surface area contributed by atoms with Gasteiger partial charge in [0, 0.05) is 6.54 Å². The van der Waals surface area contributed by atoms with E-state index < -0.39 is 0 Å². The number of hydrogen-bond acceptors (Lipinski definition) is 2. The van der Waals surface area contributed by atoms with E-state index >= 15 is 0 Å². The number of rotatable bonds is 6. The van der Waals surface area contributed by atoms with E-state index in [-0.39, 0.29) is 12.5 Å². The lowest BCUT2D eigenvalue weighted by atomic mass is 9.97. The zero-order valence-electron chi connectivity index (χ0n) is 11.8. The van der Waals surface area contributed by atoms with E-state index in [9.17, 15) is 4.79 Å². The van der Waals surface area contributed by atoms with E-state index in [1.54, 1.807) is 18.2 Å². The van der Waals surface area contributed by atoms with E-state index in [1.807, 2.05) is 0 Å². The Labute approximate surface area is 135 Å². The quantitative estimate of drug-likeness (QED) is 0.787. The molecule has 0 heterocycles. The Balaban J connectivity index is 1.70. The monoisotopic (exact) mass is 327 g/mol. The number of ether oxygens (including phenoxy) is 1. The fourth-order valence-electron chi connectivity index (χ4n) is 2.28. The average molecular weight is 328 g/mol. The lowest BCUT2D eigenvalue weighted by Crippen LogP contribution is -2.30. The van der Waals surface area contributed by atoms with Gasteiger partial charge in [-0.05, 0) is 44.2 Å². The molecule has 2 rings (SSSR count). The highest BCUT2D eigenvalue weighted by Gasteiger charge is 2.09.